The first kappa shape index (κ1) is 14.5. The van der Waals surface area contributed by atoms with Crippen molar-refractivity contribution >= 4 is 8.72 Å². The summed E-state index contributed by atoms with van der Waals surface area (Å²) < 4.78 is 14.3. The van der Waals surface area contributed by atoms with Crippen molar-refractivity contribution < 1.29 is 8.85 Å². The molecule has 2 heterocycles. The monoisotopic (exact) mass is 272 g/mol. The second-order valence-electron chi connectivity index (χ2n) is 5.50. The van der Waals surface area contributed by atoms with Gasteiger partial charge in [-0.05, 0) is 52.2 Å². The zero-order valence-electron chi connectivity index (χ0n) is 12.2. The van der Waals surface area contributed by atoms with E-state index in [1.54, 1.807) is 0 Å². The van der Waals surface area contributed by atoms with E-state index < -0.39 is 8.72 Å². The minimum absolute atomic E-state index is 0.470. The van der Waals surface area contributed by atoms with Crippen LogP contribution in [0.1, 0.15) is 39.0 Å². The molecule has 1 unspecified atom stereocenters. The van der Waals surface area contributed by atoms with Crippen molar-refractivity contribution in [3.8, 4) is 0 Å². The zero-order chi connectivity index (χ0) is 13.0. The first-order valence-corrected chi connectivity index (χ1v) is 9.32. The highest BCUT2D eigenvalue weighted by atomic mass is 28.4. The molecule has 2 aliphatic heterocycles. The third-order valence-corrected chi connectivity index (χ3v) is 8.32. The number of nitrogens with zero attached hydrogens (tertiary/aromatic N) is 2. The maximum Gasteiger partial charge on any atom is 0.428 e. The molecule has 18 heavy (non-hydrogen) atoms. The van der Waals surface area contributed by atoms with Gasteiger partial charge >= 0.3 is 8.72 Å². The van der Waals surface area contributed by atoms with Crippen LogP contribution < -0.4 is 0 Å². The van der Waals surface area contributed by atoms with Gasteiger partial charge in [-0.1, -0.05) is 6.42 Å². The number of hydrogen-bond acceptors (Lipinski definition) is 4. The van der Waals surface area contributed by atoms with Crippen LogP contribution in [0.5, 0.6) is 0 Å². The maximum absolute atomic E-state index is 5.87. The minimum Gasteiger partial charge on any atom is -0.386 e. The summed E-state index contributed by atoms with van der Waals surface area (Å²) in [4.78, 5) is 2.61. The molecule has 0 aromatic rings. The predicted molar refractivity (Wildman–Crippen MR) is 75.4 cm³/mol. The summed E-state index contributed by atoms with van der Waals surface area (Å²) in [7, 11) is 1.55. The summed E-state index contributed by atoms with van der Waals surface area (Å²) in [5.74, 6) is 0. The van der Waals surface area contributed by atoms with Gasteiger partial charge in [0, 0.05) is 20.3 Å². The second-order valence-corrected chi connectivity index (χ2v) is 8.82. The van der Waals surface area contributed by atoms with E-state index in [1.807, 2.05) is 14.2 Å². The summed E-state index contributed by atoms with van der Waals surface area (Å²) >= 11 is 0. The number of likely N-dealkylation sites (tertiary alicyclic amines) is 1. The molecule has 4 nitrogen and oxygen atoms in total. The van der Waals surface area contributed by atoms with Gasteiger partial charge in [-0.2, -0.15) is 0 Å². The van der Waals surface area contributed by atoms with Crippen LogP contribution in [0.15, 0.2) is 0 Å². The van der Waals surface area contributed by atoms with E-state index in [4.69, 9.17) is 8.85 Å². The van der Waals surface area contributed by atoms with Gasteiger partial charge in [-0.15, -0.1) is 0 Å². The standard InChI is InChI=1S/C13H28N2O2Si/c1-13(14-9-5-4-6-10-14)15-11-7-8-12-18(15,16-2)17-3/h13H,4-12H2,1-3H3. The van der Waals surface area contributed by atoms with Crippen molar-refractivity contribution in [2.45, 2.75) is 51.2 Å². The largest absolute Gasteiger partial charge is 0.428 e. The van der Waals surface area contributed by atoms with E-state index in [0.29, 0.717) is 6.17 Å². The van der Waals surface area contributed by atoms with Crippen LogP contribution in [0.25, 0.3) is 0 Å². The van der Waals surface area contributed by atoms with Gasteiger partial charge in [0.2, 0.25) is 0 Å². The Labute approximate surface area is 113 Å². The fraction of sp³-hybridized carbons (Fsp3) is 1.00. The van der Waals surface area contributed by atoms with Crippen LogP contribution in [-0.4, -0.2) is 58.2 Å². The molecule has 0 aliphatic carbocycles. The zero-order valence-corrected chi connectivity index (χ0v) is 13.2. The van der Waals surface area contributed by atoms with Crippen molar-refractivity contribution in [1.82, 2.24) is 9.47 Å². The molecule has 0 spiro atoms. The average molecular weight is 272 g/mol. The van der Waals surface area contributed by atoms with Gasteiger partial charge in [0.05, 0.1) is 6.17 Å². The number of rotatable bonds is 4. The second kappa shape index (κ2) is 6.48. The topological polar surface area (TPSA) is 24.9 Å². The molecule has 0 N–H and O–H groups in total. The van der Waals surface area contributed by atoms with Gasteiger partial charge in [0.25, 0.3) is 0 Å². The van der Waals surface area contributed by atoms with Crippen LogP contribution in [0, 0.1) is 0 Å². The SMILES string of the molecule is CO[Si]1(OC)CCCCN1C(C)N1CCCCC1. The van der Waals surface area contributed by atoms with Crippen molar-refractivity contribution in [2.75, 3.05) is 33.9 Å². The number of hydrogen-bond donors (Lipinski definition) is 0. The molecule has 0 aromatic carbocycles. The van der Waals surface area contributed by atoms with E-state index in [2.05, 4.69) is 16.4 Å². The van der Waals surface area contributed by atoms with Crippen molar-refractivity contribution in [1.29, 1.82) is 0 Å². The van der Waals surface area contributed by atoms with E-state index >= 15 is 0 Å². The first-order chi connectivity index (χ1) is 8.73. The summed E-state index contributed by atoms with van der Waals surface area (Å²) in [6.45, 7) is 5.92. The molecular formula is C13H28N2O2Si. The molecule has 0 bridgehead atoms. The molecule has 2 saturated heterocycles. The van der Waals surface area contributed by atoms with Crippen LogP contribution in [0.2, 0.25) is 6.04 Å². The van der Waals surface area contributed by atoms with Crippen molar-refractivity contribution in [3.05, 3.63) is 0 Å². The smallest absolute Gasteiger partial charge is 0.386 e. The van der Waals surface area contributed by atoms with E-state index in [1.165, 1.54) is 45.2 Å². The highest BCUT2D eigenvalue weighted by molar-refractivity contribution is 6.64. The fourth-order valence-corrected chi connectivity index (χ4v) is 6.69. The quantitative estimate of drug-likeness (QED) is 0.732. The molecule has 2 rings (SSSR count). The van der Waals surface area contributed by atoms with Crippen molar-refractivity contribution in [3.63, 3.8) is 0 Å². The highest BCUT2D eigenvalue weighted by Crippen LogP contribution is 2.30. The minimum atomic E-state index is -2.12. The van der Waals surface area contributed by atoms with E-state index in [-0.39, 0.29) is 0 Å². The maximum atomic E-state index is 5.87. The Bertz CT molecular complexity index is 255. The molecule has 2 aliphatic rings. The summed E-state index contributed by atoms with van der Waals surface area (Å²) in [6, 6.07) is 1.11. The first-order valence-electron chi connectivity index (χ1n) is 7.34. The van der Waals surface area contributed by atoms with Crippen LogP contribution >= 0.6 is 0 Å². The van der Waals surface area contributed by atoms with Gasteiger partial charge in [0.15, 0.2) is 0 Å². The highest BCUT2D eigenvalue weighted by Gasteiger charge is 2.48. The summed E-state index contributed by atoms with van der Waals surface area (Å²) in [5.41, 5.74) is 0. The van der Waals surface area contributed by atoms with Crippen LogP contribution in [0.3, 0.4) is 0 Å². The third kappa shape index (κ3) is 2.80. The molecule has 0 saturated carbocycles. The average Bonchev–Trinajstić information content (AvgIpc) is 2.47. The van der Waals surface area contributed by atoms with Gasteiger partial charge in [-0.25, -0.2) is 0 Å². The lowest BCUT2D eigenvalue weighted by molar-refractivity contribution is 0.0360. The molecule has 0 amide bonds. The fourth-order valence-electron chi connectivity index (χ4n) is 3.43. The Morgan fingerprint density at radius 2 is 1.50 bits per heavy atom. The molecule has 2 fully saturated rings. The lowest BCUT2D eigenvalue weighted by Crippen LogP contribution is -2.66. The molecule has 0 aromatic heterocycles. The lowest BCUT2D eigenvalue weighted by Gasteiger charge is -2.48. The van der Waals surface area contributed by atoms with E-state index in [0.717, 1.165) is 12.6 Å². The Balaban J connectivity index is 2.07. The normalized spacial score (nSPS) is 28.2. The van der Waals surface area contributed by atoms with Gasteiger partial charge in [-0.3, -0.25) is 9.47 Å². The lowest BCUT2D eigenvalue weighted by atomic mass is 10.1. The molecular weight excluding hydrogens is 244 g/mol. The third-order valence-electron chi connectivity index (χ3n) is 4.59. The van der Waals surface area contributed by atoms with Gasteiger partial charge in [0.1, 0.15) is 0 Å². The Morgan fingerprint density at radius 3 is 2.11 bits per heavy atom. The Hall–Kier alpha value is 0.0569. The van der Waals surface area contributed by atoms with E-state index in [9.17, 15) is 0 Å². The molecule has 1 atom stereocenters. The Kier molecular flexibility index (Phi) is 5.21. The van der Waals surface area contributed by atoms with Crippen molar-refractivity contribution in [2.24, 2.45) is 0 Å². The summed E-state index contributed by atoms with van der Waals surface area (Å²) in [5, 5.41) is 0. The number of piperidine rings is 1. The molecule has 0 radical (unpaired) electrons. The Morgan fingerprint density at radius 1 is 0.889 bits per heavy atom. The van der Waals surface area contributed by atoms with Crippen LogP contribution in [-0.2, 0) is 8.85 Å². The molecule has 5 heteroatoms. The summed E-state index contributed by atoms with van der Waals surface area (Å²) in [6.07, 6.45) is 7.06. The predicted octanol–water partition coefficient (Wildman–Crippen LogP) is 2.15. The van der Waals surface area contributed by atoms with Gasteiger partial charge < -0.3 is 8.85 Å². The van der Waals surface area contributed by atoms with Crippen LogP contribution in [0.4, 0.5) is 0 Å². The molecule has 106 valence electrons.